The van der Waals surface area contributed by atoms with Crippen LogP contribution in [0.1, 0.15) is 17.5 Å². The summed E-state index contributed by atoms with van der Waals surface area (Å²) in [7, 11) is 0. The molecule has 14 heavy (non-hydrogen) atoms. The van der Waals surface area contributed by atoms with Crippen molar-refractivity contribution >= 4 is 5.78 Å². The number of carbonyl (C=O) groups is 1. The summed E-state index contributed by atoms with van der Waals surface area (Å²) >= 11 is 0. The first kappa shape index (κ1) is 8.75. The van der Waals surface area contributed by atoms with Gasteiger partial charge in [0.25, 0.3) is 0 Å². The zero-order chi connectivity index (χ0) is 9.97. The van der Waals surface area contributed by atoms with Crippen molar-refractivity contribution in [2.45, 2.75) is 6.92 Å². The van der Waals surface area contributed by atoms with E-state index in [1.165, 1.54) is 6.92 Å². The Labute approximate surface area is 82.2 Å². The Morgan fingerprint density at radius 2 is 1.86 bits per heavy atom. The average Bonchev–Trinajstić information content (AvgIpc) is 2.68. The van der Waals surface area contributed by atoms with Gasteiger partial charge in [-0.3, -0.25) is 4.79 Å². The Hall–Kier alpha value is -1.83. The van der Waals surface area contributed by atoms with Gasteiger partial charge >= 0.3 is 0 Å². The zero-order valence-corrected chi connectivity index (χ0v) is 7.86. The van der Waals surface area contributed by atoms with E-state index in [1.807, 2.05) is 30.3 Å². The van der Waals surface area contributed by atoms with Crippen LogP contribution in [-0.4, -0.2) is 5.78 Å². The molecule has 0 unspecified atom stereocenters. The highest BCUT2D eigenvalue weighted by molar-refractivity contribution is 5.92. The first-order chi connectivity index (χ1) is 6.77. The molecule has 2 aromatic rings. The number of carbonyl (C=O) groups excluding carboxylic acids is 1. The van der Waals surface area contributed by atoms with Crippen LogP contribution in [0.3, 0.4) is 0 Å². The molecule has 2 nitrogen and oxygen atoms in total. The second-order valence-electron chi connectivity index (χ2n) is 3.12. The second-order valence-corrected chi connectivity index (χ2v) is 3.12. The molecule has 0 radical (unpaired) electrons. The van der Waals surface area contributed by atoms with E-state index >= 15 is 0 Å². The van der Waals surface area contributed by atoms with Gasteiger partial charge in [0.1, 0.15) is 0 Å². The number of Topliss-reactive ketones (excluding diaryl/α,β-unsaturated/α-hetero) is 1. The summed E-state index contributed by atoms with van der Waals surface area (Å²) in [5.41, 5.74) is 2.00. The fraction of sp³-hybridized carbons (Fsp3) is 0.0833. The fourth-order valence-corrected chi connectivity index (χ4v) is 1.30. The van der Waals surface area contributed by atoms with Gasteiger partial charge in [0.15, 0.2) is 11.5 Å². The maximum Gasteiger partial charge on any atom is 0.194 e. The smallest absolute Gasteiger partial charge is 0.194 e. The van der Waals surface area contributed by atoms with Gasteiger partial charge in [-0.1, -0.05) is 30.3 Å². The number of hydrogen-bond donors (Lipinski definition) is 0. The molecule has 0 aliphatic rings. The van der Waals surface area contributed by atoms with E-state index in [4.69, 9.17) is 4.42 Å². The highest BCUT2D eigenvalue weighted by atomic mass is 16.3. The molecule has 2 rings (SSSR count). The van der Waals surface area contributed by atoms with Gasteiger partial charge in [0.2, 0.25) is 0 Å². The monoisotopic (exact) mass is 186 g/mol. The lowest BCUT2D eigenvalue weighted by Crippen LogP contribution is -1.85. The highest BCUT2D eigenvalue weighted by Gasteiger charge is 2.06. The molecule has 0 bridgehead atoms. The highest BCUT2D eigenvalue weighted by Crippen LogP contribution is 2.21. The Balaban J connectivity index is 2.39. The van der Waals surface area contributed by atoms with Gasteiger partial charge in [-0.25, -0.2) is 0 Å². The zero-order valence-electron chi connectivity index (χ0n) is 7.86. The minimum absolute atomic E-state index is 0.0489. The topological polar surface area (TPSA) is 30.2 Å². The van der Waals surface area contributed by atoms with Crippen LogP contribution in [0.15, 0.2) is 47.1 Å². The Kier molecular flexibility index (Phi) is 2.19. The van der Waals surface area contributed by atoms with Crippen molar-refractivity contribution in [3.63, 3.8) is 0 Å². The minimum Gasteiger partial charge on any atom is -0.461 e. The lowest BCUT2D eigenvalue weighted by atomic mass is 10.1. The standard InChI is InChI=1S/C12H10O2/c1-9(13)12-7-11(8-14-12)10-5-3-2-4-6-10/h2-8H,1H3. The molecule has 1 aromatic carbocycles. The molecule has 0 aliphatic heterocycles. The maximum atomic E-state index is 11.0. The molecule has 0 fully saturated rings. The van der Waals surface area contributed by atoms with E-state index in [0.717, 1.165) is 11.1 Å². The van der Waals surface area contributed by atoms with Crippen molar-refractivity contribution in [1.29, 1.82) is 0 Å². The van der Waals surface area contributed by atoms with Gasteiger partial charge in [-0.15, -0.1) is 0 Å². The Morgan fingerprint density at radius 1 is 1.14 bits per heavy atom. The summed E-state index contributed by atoms with van der Waals surface area (Å²) in [6.45, 7) is 1.49. The predicted octanol–water partition coefficient (Wildman–Crippen LogP) is 3.15. The van der Waals surface area contributed by atoms with Crippen LogP contribution in [0.2, 0.25) is 0 Å². The Morgan fingerprint density at radius 3 is 2.43 bits per heavy atom. The first-order valence-electron chi connectivity index (χ1n) is 4.42. The number of rotatable bonds is 2. The number of benzene rings is 1. The van der Waals surface area contributed by atoms with Gasteiger partial charge in [-0.2, -0.15) is 0 Å². The van der Waals surface area contributed by atoms with Crippen molar-refractivity contribution in [3.8, 4) is 11.1 Å². The quantitative estimate of drug-likeness (QED) is 0.674. The molecule has 0 amide bonds. The lowest BCUT2D eigenvalue weighted by Gasteiger charge is -1.92. The van der Waals surface area contributed by atoms with Crippen molar-refractivity contribution in [3.05, 3.63) is 48.4 Å². The van der Waals surface area contributed by atoms with Crippen molar-refractivity contribution < 1.29 is 9.21 Å². The van der Waals surface area contributed by atoms with Crippen LogP contribution in [0.4, 0.5) is 0 Å². The van der Waals surface area contributed by atoms with Crippen molar-refractivity contribution in [2.75, 3.05) is 0 Å². The van der Waals surface area contributed by atoms with Crippen LogP contribution in [-0.2, 0) is 0 Å². The van der Waals surface area contributed by atoms with Gasteiger partial charge in [-0.05, 0) is 11.6 Å². The molecule has 0 saturated heterocycles. The molecular weight excluding hydrogens is 176 g/mol. The van der Waals surface area contributed by atoms with E-state index in [1.54, 1.807) is 12.3 Å². The van der Waals surface area contributed by atoms with E-state index in [0.29, 0.717) is 5.76 Å². The third-order valence-corrected chi connectivity index (χ3v) is 2.05. The van der Waals surface area contributed by atoms with Crippen LogP contribution in [0.25, 0.3) is 11.1 Å². The molecule has 0 atom stereocenters. The average molecular weight is 186 g/mol. The lowest BCUT2D eigenvalue weighted by molar-refractivity contribution is 0.0987. The summed E-state index contributed by atoms with van der Waals surface area (Å²) in [4.78, 5) is 11.0. The van der Waals surface area contributed by atoms with Gasteiger partial charge in [0.05, 0.1) is 6.26 Å². The van der Waals surface area contributed by atoms with E-state index in [2.05, 4.69) is 0 Å². The second kappa shape index (κ2) is 3.50. The summed E-state index contributed by atoms with van der Waals surface area (Å²) < 4.78 is 5.13. The molecule has 2 heteroatoms. The molecule has 70 valence electrons. The summed E-state index contributed by atoms with van der Waals surface area (Å²) in [6.07, 6.45) is 1.60. The SMILES string of the molecule is CC(=O)c1cc(-c2ccccc2)co1. The molecule has 0 aliphatic carbocycles. The van der Waals surface area contributed by atoms with Crippen LogP contribution < -0.4 is 0 Å². The fourth-order valence-electron chi connectivity index (χ4n) is 1.30. The summed E-state index contributed by atoms with van der Waals surface area (Å²) in [5, 5.41) is 0. The van der Waals surface area contributed by atoms with Crippen LogP contribution >= 0.6 is 0 Å². The maximum absolute atomic E-state index is 11.0. The van der Waals surface area contributed by atoms with Crippen LogP contribution in [0, 0.1) is 0 Å². The first-order valence-corrected chi connectivity index (χ1v) is 4.42. The third kappa shape index (κ3) is 1.59. The molecule has 1 aromatic heterocycles. The van der Waals surface area contributed by atoms with E-state index < -0.39 is 0 Å². The van der Waals surface area contributed by atoms with Crippen LogP contribution in [0.5, 0.6) is 0 Å². The number of ketones is 1. The molecule has 1 heterocycles. The van der Waals surface area contributed by atoms with E-state index in [9.17, 15) is 4.79 Å². The molecular formula is C12H10O2. The van der Waals surface area contributed by atoms with Crippen molar-refractivity contribution in [1.82, 2.24) is 0 Å². The summed E-state index contributed by atoms with van der Waals surface area (Å²) in [5.74, 6) is 0.357. The number of furan rings is 1. The van der Waals surface area contributed by atoms with Crippen molar-refractivity contribution in [2.24, 2.45) is 0 Å². The van der Waals surface area contributed by atoms with E-state index in [-0.39, 0.29) is 5.78 Å². The third-order valence-electron chi connectivity index (χ3n) is 2.05. The minimum atomic E-state index is -0.0489. The summed E-state index contributed by atoms with van der Waals surface area (Å²) in [6, 6.07) is 11.6. The molecule has 0 saturated carbocycles. The van der Waals surface area contributed by atoms with Gasteiger partial charge < -0.3 is 4.42 Å². The molecule has 0 N–H and O–H groups in total. The normalized spacial score (nSPS) is 10.1. The number of hydrogen-bond acceptors (Lipinski definition) is 2. The van der Waals surface area contributed by atoms with Gasteiger partial charge in [0, 0.05) is 12.5 Å². The Bertz CT molecular complexity index is 440. The predicted molar refractivity (Wildman–Crippen MR) is 54.1 cm³/mol. The molecule has 0 spiro atoms. The largest absolute Gasteiger partial charge is 0.461 e.